The molecule has 0 fully saturated rings. The van der Waals surface area contributed by atoms with Crippen LogP contribution in [0.15, 0.2) is 0 Å². The van der Waals surface area contributed by atoms with Crippen molar-refractivity contribution in [1.29, 1.82) is 0 Å². The predicted molar refractivity (Wildman–Crippen MR) is 82.1 cm³/mol. The number of aliphatic hydroxyl groups is 1. The van der Waals surface area contributed by atoms with E-state index in [9.17, 15) is 9.59 Å². The number of rotatable bonds is 8. The van der Waals surface area contributed by atoms with Gasteiger partial charge in [-0.1, -0.05) is 20.8 Å². The van der Waals surface area contributed by atoms with Crippen LogP contribution in [0, 0.1) is 11.3 Å². The van der Waals surface area contributed by atoms with Crippen LogP contribution in [0.25, 0.3) is 0 Å². The third-order valence-corrected chi connectivity index (χ3v) is 3.95. The molecule has 0 aromatic heterocycles. The van der Waals surface area contributed by atoms with Gasteiger partial charge in [-0.25, -0.2) is 4.79 Å². The normalized spacial score (nSPS) is 14.4. The van der Waals surface area contributed by atoms with E-state index in [0.717, 1.165) is 6.42 Å². The third kappa shape index (κ3) is 7.90. The second-order valence-corrected chi connectivity index (χ2v) is 6.66. The van der Waals surface area contributed by atoms with Crippen LogP contribution in [0.5, 0.6) is 0 Å². The quantitative estimate of drug-likeness (QED) is 0.639. The van der Waals surface area contributed by atoms with Gasteiger partial charge in [0, 0.05) is 20.0 Å². The standard InChI is InChI=1S/C15H30N2O4/c1-11(10-18)17(5)14(21)16-9-8-12(15(2,3)4)6-7-13(19)20/h11-12,18H,6-10H2,1-5H3,(H,16,21)(H,19,20). The van der Waals surface area contributed by atoms with Gasteiger partial charge in [-0.2, -0.15) is 0 Å². The fourth-order valence-corrected chi connectivity index (χ4v) is 2.11. The number of aliphatic carboxylic acids is 1. The van der Waals surface area contributed by atoms with Crippen LogP contribution >= 0.6 is 0 Å². The molecule has 0 aliphatic heterocycles. The molecular formula is C15H30N2O4. The first kappa shape index (κ1) is 19.7. The molecular weight excluding hydrogens is 272 g/mol. The van der Waals surface area contributed by atoms with Crippen LogP contribution in [-0.2, 0) is 4.79 Å². The molecule has 0 bridgehead atoms. The van der Waals surface area contributed by atoms with E-state index in [4.69, 9.17) is 10.2 Å². The van der Waals surface area contributed by atoms with Crippen LogP contribution in [0.1, 0.15) is 47.0 Å². The molecule has 0 aliphatic rings. The van der Waals surface area contributed by atoms with Gasteiger partial charge in [0.15, 0.2) is 0 Å². The number of urea groups is 1. The number of nitrogens with one attached hydrogen (secondary N) is 1. The first-order valence-corrected chi connectivity index (χ1v) is 7.42. The molecule has 6 nitrogen and oxygen atoms in total. The highest BCUT2D eigenvalue weighted by molar-refractivity contribution is 5.74. The average Bonchev–Trinajstić information content (AvgIpc) is 2.38. The minimum atomic E-state index is -0.787. The zero-order chi connectivity index (χ0) is 16.6. The van der Waals surface area contributed by atoms with Gasteiger partial charge in [-0.05, 0) is 31.1 Å². The van der Waals surface area contributed by atoms with E-state index in [1.807, 2.05) is 0 Å². The summed E-state index contributed by atoms with van der Waals surface area (Å²) in [5, 5.41) is 20.6. The van der Waals surface area contributed by atoms with Crippen LogP contribution in [-0.4, -0.2) is 53.4 Å². The maximum Gasteiger partial charge on any atom is 0.317 e. The summed E-state index contributed by atoms with van der Waals surface area (Å²) in [6, 6.07) is -0.446. The van der Waals surface area contributed by atoms with E-state index in [2.05, 4.69) is 26.1 Å². The molecule has 0 heterocycles. The second-order valence-electron chi connectivity index (χ2n) is 6.66. The molecule has 2 unspecified atom stereocenters. The Morgan fingerprint density at radius 3 is 2.24 bits per heavy atom. The summed E-state index contributed by atoms with van der Waals surface area (Å²) in [6.07, 6.45) is 1.50. The van der Waals surface area contributed by atoms with Crippen LogP contribution < -0.4 is 5.32 Å². The van der Waals surface area contributed by atoms with Crippen molar-refractivity contribution in [3.05, 3.63) is 0 Å². The molecule has 0 aromatic carbocycles. The lowest BCUT2D eigenvalue weighted by Crippen LogP contribution is -2.44. The molecule has 2 amide bonds. The molecule has 21 heavy (non-hydrogen) atoms. The summed E-state index contributed by atoms with van der Waals surface area (Å²) in [6.45, 7) is 8.45. The van der Waals surface area contributed by atoms with Gasteiger partial charge < -0.3 is 20.4 Å². The molecule has 124 valence electrons. The minimum absolute atomic E-state index is 0.00443. The average molecular weight is 302 g/mol. The Bertz CT molecular complexity index is 339. The highest BCUT2D eigenvalue weighted by Crippen LogP contribution is 2.32. The molecule has 2 atom stereocenters. The van der Waals surface area contributed by atoms with Gasteiger partial charge in [0.25, 0.3) is 0 Å². The molecule has 0 saturated carbocycles. The lowest BCUT2D eigenvalue weighted by atomic mass is 9.76. The van der Waals surface area contributed by atoms with Crippen molar-refractivity contribution in [3.8, 4) is 0 Å². The third-order valence-electron chi connectivity index (χ3n) is 3.95. The molecule has 6 heteroatoms. The zero-order valence-electron chi connectivity index (χ0n) is 13.8. The summed E-state index contributed by atoms with van der Waals surface area (Å²) in [5.41, 5.74) is 0.00443. The Balaban J connectivity index is 4.31. The molecule has 0 radical (unpaired) electrons. The van der Waals surface area contributed by atoms with Gasteiger partial charge in [-0.3, -0.25) is 4.79 Å². The summed E-state index contributed by atoms with van der Waals surface area (Å²) < 4.78 is 0. The van der Waals surface area contributed by atoms with Crippen molar-refractivity contribution in [2.24, 2.45) is 11.3 Å². The SMILES string of the molecule is CC(CO)N(C)C(=O)NCCC(CCC(=O)O)C(C)(C)C. The number of carbonyl (C=O) groups is 2. The number of likely N-dealkylation sites (N-methyl/N-ethyl adjacent to an activating group) is 1. The van der Waals surface area contributed by atoms with E-state index in [1.165, 1.54) is 4.90 Å². The van der Waals surface area contributed by atoms with Crippen molar-refractivity contribution in [1.82, 2.24) is 10.2 Å². The zero-order valence-corrected chi connectivity index (χ0v) is 13.8. The van der Waals surface area contributed by atoms with Gasteiger partial charge in [0.1, 0.15) is 0 Å². The van der Waals surface area contributed by atoms with Crippen LogP contribution in [0.3, 0.4) is 0 Å². The van der Waals surface area contributed by atoms with Crippen molar-refractivity contribution in [2.45, 2.75) is 53.0 Å². The number of amides is 2. The predicted octanol–water partition coefficient (Wildman–Crippen LogP) is 1.93. The van der Waals surface area contributed by atoms with Gasteiger partial charge in [0.05, 0.1) is 12.6 Å². The highest BCUT2D eigenvalue weighted by Gasteiger charge is 2.25. The molecule has 0 spiro atoms. The lowest BCUT2D eigenvalue weighted by molar-refractivity contribution is -0.137. The Kier molecular flexibility index (Phi) is 8.32. The number of carboxylic acids is 1. The van der Waals surface area contributed by atoms with Crippen molar-refractivity contribution < 1.29 is 19.8 Å². The summed E-state index contributed by atoms with van der Waals surface area (Å²) in [5.74, 6) is -0.556. The van der Waals surface area contributed by atoms with E-state index >= 15 is 0 Å². The smallest absolute Gasteiger partial charge is 0.317 e. The Labute approximate surface area is 127 Å². The molecule has 0 aromatic rings. The minimum Gasteiger partial charge on any atom is -0.481 e. The van der Waals surface area contributed by atoms with Crippen LogP contribution in [0.2, 0.25) is 0 Å². The topological polar surface area (TPSA) is 89.9 Å². The maximum absolute atomic E-state index is 11.9. The second kappa shape index (κ2) is 8.87. The number of hydrogen-bond acceptors (Lipinski definition) is 3. The van der Waals surface area contributed by atoms with Crippen LogP contribution in [0.4, 0.5) is 4.79 Å². The largest absolute Gasteiger partial charge is 0.481 e. The fourth-order valence-electron chi connectivity index (χ4n) is 2.11. The number of nitrogens with zero attached hydrogens (tertiary/aromatic N) is 1. The number of carboxylic acid groups (broad SMARTS) is 1. The first-order chi connectivity index (χ1) is 9.59. The number of hydrogen-bond donors (Lipinski definition) is 3. The summed E-state index contributed by atoms with van der Waals surface area (Å²) in [7, 11) is 1.64. The maximum atomic E-state index is 11.9. The van der Waals surface area contributed by atoms with Crippen molar-refractivity contribution in [2.75, 3.05) is 20.2 Å². The molecule has 3 N–H and O–H groups in total. The molecule has 0 rings (SSSR count). The van der Waals surface area contributed by atoms with Gasteiger partial charge in [-0.15, -0.1) is 0 Å². The van der Waals surface area contributed by atoms with Crippen molar-refractivity contribution in [3.63, 3.8) is 0 Å². The van der Waals surface area contributed by atoms with Crippen molar-refractivity contribution >= 4 is 12.0 Å². The summed E-state index contributed by atoms with van der Waals surface area (Å²) in [4.78, 5) is 24.0. The monoisotopic (exact) mass is 302 g/mol. The summed E-state index contributed by atoms with van der Waals surface area (Å²) >= 11 is 0. The highest BCUT2D eigenvalue weighted by atomic mass is 16.4. The Hall–Kier alpha value is -1.30. The first-order valence-electron chi connectivity index (χ1n) is 7.42. The van der Waals surface area contributed by atoms with Gasteiger partial charge in [0.2, 0.25) is 0 Å². The Morgan fingerprint density at radius 1 is 1.24 bits per heavy atom. The lowest BCUT2D eigenvalue weighted by Gasteiger charge is -2.31. The number of carbonyl (C=O) groups excluding carboxylic acids is 1. The van der Waals surface area contributed by atoms with Gasteiger partial charge >= 0.3 is 12.0 Å². The van der Waals surface area contributed by atoms with E-state index in [1.54, 1.807) is 14.0 Å². The van der Waals surface area contributed by atoms with E-state index < -0.39 is 5.97 Å². The van der Waals surface area contributed by atoms with E-state index in [0.29, 0.717) is 13.0 Å². The molecule has 0 aliphatic carbocycles. The number of aliphatic hydroxyl groups excluding tert-OH is 1. The Morgan fingerprint density at radius 2 is 1.81 bits per heavy atom. The fraction of sp³-hybridized carbons (Fsp3) is 0.867. The molecule has 0 saturated heterocycles. The van der Waals surface area contributed by atoms with E-state index in [-0.39, 0.29) is 36.4 Å².